The van der Waals surface area contributed by atoms with Gasteiger partial charge in [0.2, 0.25) is 0 Å². The lowest BCUT2D eigenvalue weighted by Gasteiger charge is -2.29. The summed E-state index contributed by atoms with van der Waals surface area (Å²) in [6.45, 7) is 4.50. The van der Waals surface area contributed by atoms with Crippen molar-refractivity contribution in [2.75, 3.05) is 7.11 Å². The van der Waals surface area contributed by atoms with E-state index in [-0.39, 0.29) is 0 Å². The Morgan fingerprint density at radius 3 is 2.24 bits per heavy atom. The first-order valence-corrected chi connectivity index (χ1v) is 6.96. The number of hydrogen-bond acceptors (Lipinski definition) is 1. The van der Waals surface area contributed by atoms with Crippen LogP contribution in [0.2, 0.25) is 0 Å². The summed E-state index contributed by atoms with van der Waals surface area (Å²) in [6.07, 6.45) is 2.32. The molecular formula is C15H19BrO. The van der Waals surface area contributed by atoms with E-state index in [1.54, 1.807) is 12.7 Å². The highest BCUT2D eigenvalue weighted by Crippen LogP contribution is 2.40. The molecule has 0 amide bonds. The topological polar surface area (TPSA) is 9.23 Å². The van der Waals surface area contributed by atoms with Crippen molar-refractivity contribution >= 4 is 15.9 Å². The van der Waals surface area contributed by atoms with Crippen molar-refractivity contribution < 1.29 is 4.74 Å². The zero-order valence-corrected chi connectivity index (χ0v) is 12.3. The van der Waals surface area contributed by atoms with Gasteiger partial charge in [-0.2, -0.15) is 0 Å². The van der Waals surface area contributed by atoms with Gasteiger partial charge in [-0.1, -0.05) is 39.2 Å². The fourth-order valence-electron chi connectivity index (χ4n) is 2.42. The van der Waals surface area contributed by atoms with Crippen LogP contribution in [0, 0.1) is 0 Å². The zero-order chi connectivity index (χ0) is 12.4. The molecule has 0 saturated carbocycles. The summed E-state index contributed by atoms with van der Waals surface area (Å²) in [5.41, 5.74) is 4.48. The normalized spacial score (nSPS) is 24.9. The molecule has 0 N–H and O–H groups in total. The molecule has 2 atom stereocenters. The van der Waals surface area contributed by atoms with Crippen LogP contribution >= 0.6 is 15.9 Å². The van der Waals surface area contributed by atoms with Gasteiger partial charge in [0.15, 0.2) is 0 Å². The standard InChI is InChI=1S/C15H19BrO/c1-10-8-14(15(16)9-11(10)2)12-4-6-13(17-3)7-5-12/h4-7,14-15H,8-9H2,1-3H3/t14-,15+/m0/s1. The third kappa shape index (κ3) is 2.74. The molecular weight excluding hydrogens is 276 g/mol. The van der Waals surface area contributed by atoms with E-state index >= 15 is 0 Å². The molecule has 1 nitrogen and oxygen atoms in total. The highest BCUT2D eigenvalue weighted by atomic mass is 79.9. The van der Waals surface area contributed by atoms with Crippen molar-refractivity contribution in [2.45, 2.75) is 37.4 Å². The molecule has 1 aromatic carbocycles. The minimum atomic E-state index is 0.555. The lowest BCUT2D eigenvalue weighted by Crippen LogP contribution is -2.18. The Kier molecular flexibility index (Phi) is 3.93. The molecule has 0 spiro atoms. The third-order valence-electron chi connectivity index (χ3n) is 3.74. The number of rotatable bonds is 2. The number of methoxy groups -OCH3 is 1. The number of benzene rings is 1. The minimum absolute atomic E-state index is 0.555. The van der Waals surface area contributed by atoms with Crippen LogP contribution < -0.4 is 4.74 Å². The fraction of sp³-hybridized carbons (Fsp3) is 0.467. The second kappa shape index (κ2) is 5.26. The van der Waals surface area contributed by atoms with Gasteiger partial charge < -0.3 is 4.74 Å². The van der Waals surface area contributed by atoms with Crippen molar-refractivity contribution in [3.05, 3.63) is 41.0 Å². The zero-order valence-electron chi connectivity index (χ0n) is 10.7. The van der Waals surface area contributed by atoms with Crippen molar-refractivity contribution in [3.8, 4) is 5.75 Å². The highest BCUT2D eigenvalue weighted by Gasteiger charge is 2.26. The predicted molar refractivity (Wildman–Crippen MR) is 76.1 cm³/mol. The summed E-state index contributed by atoms with van der Waals surface area (Å²) in [5.74, 6) is 1.52. The number of alkyl halides is 1. The van der Waals surface area contributed by atoms with Crippen LogP contribution in [0.1, 0.15) is 38.2 Å². The van der Waals surface area contributed by atoms with Gasteiger partial charge in [0.1, 0.15) is 5.75 Å². The molecule has 0 bridgehead atoms. The van der Waals surface area contributed by atoms with Gasteiger partial charge in [0.05, 0.1) is 7.11 Å². The molecule has 0 radical (unpaired) electrons. The van der Waals surface area contributed by atoms with Crippen LogP contribution in [0.3, 0.4) is 0 Å². The average Bonchev–Trinajstić information content (AvgIpc) is 2.34. The largest absolute Gasteiger partial charge is 0.497 e. The smallest absolute Gasteiger partial charge is 0.118 e. The molecule has 17 heavy (non-hydrogen) atoms. The van der Waals surface area contributed by atoms with Crippen molar-refractivity contribution in [3.63, 3.8) is 0 Å². The fourth-order valence-corrected chi connectivity index (χ4v) is 3.40. The summed E-state index contributed by atoms with van der Waals surface area (Å²) in [7, 11) is 1.71. The van der Waals surface area contributed by atoms with Crippen LogP contribution in [0.4, 0.5) is 0 Å². The monoisotopic (exact) mass is 294 g/mol. The minimum Gasteiger partial charge on any atom is -0.497 e. The molecule has 0 aliphatic heterocycles. The quantitative estimate of drug-likeness (QED) is 0.569. The van der Waals surface area contributed by atoms with Crippen LogP contribution in [0.5, 0.6) is 5.75 Å². The molecule has 2 heteroatoms. The number of allylic oxidation sites excluding steroid dienone is 2. The summed E-state index contributed by atoms with van der Waals surface area (Å²) >= 11 is 3.83. The lowest BCUT2D eigenvalue weighted by molar-refractivity contribution is 0.414. The van der Waals surface area contributed by atoms with Crippen LogP contribution in [-0.4, -0.2) is 11.9 Å². The third-order valence-corrected chi connectivity index (χ3v) is 4.70. The Hall–Kier alpha value is -0.760. The van der Waals surface area contributed by atoms with Crippen molar-refractivity contribution in [1.82, 2.24) is 0 Å². The van der Waals surface area contributed by atoms with E-state index in [4.69, 9.17) is 4.74 Å². The number of hydrogen-bond donors (Lipinski definition) is 0. The van der Waals surface area contributed by atoms with Gasteiger partial charge in [-0.15, -0.1) is 0 Å². The SMILES string of the molecule is COc1ccc([C@@H]2CC(C)=C(C)C[C@H]2Br)cc1. The summed E-state index contributed by atoms with van der Waals surface area (Å²) in [6, 6.07) is 8.47. The molecule has 0 aromatic heterocycles. The van der Waals surface area contributed by atoms with Crippen LogP contribution in [-0.2, 0) is 0 Å². The van der Waals surface area contributed by atoms with Gasteiger partial charge in [-0.05, 0) is 44.4 Å². The summed E-state index contributed by atoms with van der Waals surface area (Å²) in [4.78, 5) is 0.555. The van der Waals surface area contributed by atoms with Gasteiger partial charge in [0, 0.05) is 10.7 Å². The average molecular weight is 295 g/mol. The lowest BCUT2D eigenvalue weighted by atomic mass is 9.81. The first-order valence-electron chi connectivity index (χ1n) is 6.05. The maximum Gasteiger partial charge on any atom is 0.118 e. The van der Waals surface area contributed by atoms with Crippen molar-refractivity contribution in [1.29, 1.82) is 0 Å². The van der Waals surface area contributed by atoms with Crippen molar-refractivity contribution in [2.24, 2.45) is 0 Å². The first kappa shape index (κ1) is 12.7. The molecule has 1 aliphatic rings. The number of halogens is 1. The summed E-state index contributed by atoms with van der Waals surface area (Å²) in [5, 5.41) is 0. The van der Waals surface area contributed by atoms with E-state index in [0.717, 1.165) is 18.6 Å². The van der Waals surface area contributed by atoms with Gasteiger partial charge in [-0.25, -0.2) is 0 Å². The van der Waals surface area contributed by atoms with E-state index in [2.05, 4.69) is 54.0 Å². The maximum atomic E-state index is 5.20. The van der Waals surface area contributed by atoms with Crippen LogP contribution in [0.25, 0.3) is 0 Å². The van der Waals surface area contributed by atoms with E-state index in [1.165, 1.54) is 11.1 Å². The predicted octanol–water partition coefficient (Wildman–Crippen LogP) is 4.67. The second-order valence-corrected chi connectivity index (χ2v) is 6.04. The van der Waals surface area contributed by atoms with Crippen LogP contribution in [0.15, 0.2) is 35.4 Å². The highest BCUT2D eigenvalue weighted by molar-refractivity contribution is 9.09. The molecule has 1 aromatic rings. The first-order chi connectivity index (χ1) is 8.11. The second-order valence-electron chi connectivity index (χ2n) is 4.86. The molecule has 1 aliphatic carbocycles. The Bertz CT molecular complexity index is 419. The van der Waals surface area contributed by atoms with E-state index in [1.807, 2.05) is 0 Å². The van der Waals surface area contributed by atoms with E-state index < -0.39 is 0 Å². The molecule has 0 unspecified atom stereocenters. The van der Waals surface area contributed by atoms with E-state index in [0.29, 0.717) is 10.7 Å². The molecule has 0 saturated heterocycles. The Labute approximate surface area is 112 Å². The van der Waals surface area contributed by atoms with Gasteiger partial charge in [0.25, 0.3) is 0 Å². The van der Waals surface area contributed by atoms with Gasteiger partial charge in [-0.3, -0.25) is 0 Å². The van der Waals surface area contributed by atoms with E-state index in [9.17, 15) is 0 Å². The summed E-state index contributed by atoms with van der Waals surface area (Å²) < 4.78 is 5.20. The molecule has 0 fully saturated rings. The molecule has 2 rings (SSSR count). The van der Waals surface area contributed by atoms with Gasteiger partial charge >= 0.3 is 0 Å². The Morgan fingerprint density at radius 1 is 1.06 bits per heavy atom. The molecule has 92 valence electrons. The maximum absolute atomic E-state index is 5.20. The number of ether oxygens (including phenoxy) is 1. The Balaban J connectivity index is 2.22. The Morgan fingerprint density at radius 2 is 1.65 bits per heavy atom. The molecule has 0 heterocycles.